The van der Waals surface area contributed by atoms with Crippen molar-refractivity contribution in [2.75, 3.05) is 45.8 Å². The molecule has 0 saturated carbocycles. The van der Waals surface area contributed by atoms with Gasteiger partial charge in [-0.15, -0.1) is 11.3 Å². The normalized spacial score (nSPS) is 19.9. The molecule has 0 atom stereocenters. The van der Waals surface area contributed by atoms with Gasteiger partial charge in [-0.2, -0.15) is 0 Å². The molecule has 2 fully saturated rings. The summed E-state index contributed by atoms with van der Waals surface area (Å²) in [5.74, 6) is 0.342. The SMILES string of the molecule is O=C(CN1CCN(C(=O)c2ccc(Br)s2)CC1)N1CCCCC1. The molecule has 2 aliphatic rings. The van der Waals surface area contributed by atoms with Crippen LogP contribution < -0.4 is 0 Å². The maximum absolute atomic E-state index is 12.4. The zero-order chi connectivity index (χ0) is 16.2. The molecular weight excluding hydrogens is 378 g/mol. The topological polar surface area (TPSA) is 43.9 Å². The third kappa shape index (κ3) is 4.33. The largest absolute Gasteiger partial charge is 0.342 e. The first kappa shape index (κ1) is 16.9. The quantitative estimate of drug-likeness (QED) is 0.782. The maximum atomic E-state index is 12.4. The average Bonchev–Trinajstić information content (AvgIpc) is 3.02. The Morgan fingerprint density at radius 2 is 1.65 bits per heavy atom. The second kappa shape index (κ2) is 7.77. The summed E-state index contributed by atoms with van der Waals surface area (Å²) < 4.78 is 0.978. The smallest absolute Gasteiger partial charge is 0.264 e. The third-order valence-corrected chi connectivity index (χ3v) is 6.12. The van der Waals surface area contributed by atoms with Gasteiger partial charge in [0.25, 0.3) is 5.91 Å². The van der Waals surface area contributed by atoms with Gasteiger partial charge in [0.05, 0.1) is 15.2 Å². The molecule has 0 N–H and O–H groups in total. The number of carbonyl (C=O) groups excluding carboxylic acids is 2. The number of halogens is 1. The van der Waals surface area contributed by atoms with E-state index in [1.54, 1.807) is 0 Å². The molecule has 3 heterocycles. The van der Waals surface area contributed by atoms with Crippen molar-refractivity contribution in [3.05, 3.63) is 20.8 Å². The molecule has 3 rings (SSSR count). The van der Waals surface area contributed by atoms with Crippen molar-refractivity contribution >= 4 is 39.1 Å². The van der Waals surface area contributed by atoms with Gasteiger partial charge in [0.1, 0.15) is 0 Å². The number of likely N-dealkylation sites (tertiary alicyclic amines) is 1. The van der Waals surface area contributed by atoms with E-state index in [0.717, 1.165) is 47.7 Å². The van der Waals surface area contributed by atoms with Crippen LogP contribution in [0.15, 0.2) is 15.9 Å². The van der Waals surface area contributed by atoms with E-state index in [1.165, 1.54) is 17.8 Å². The van der Waals surface area contributed by atoms with Gasteiger partial charge in [-0.25, -0.2) is 0 Å². The minimum absolute atomic E-state index is 0.0997. The molecule has 0 aliphatic carbocycles. The lowest BCUT2D eigenvalue weighted by atomic mass is 10.1. The Bertz CT molecular complexity index is 563. The fourth-order valence-corrected chi connectivity index (χ4v) is 4.48. The molecule has 2 amide bonds. The van der Waals surface area contributed by atoms with E-state index >= 15 is 0 Å². The number of hydrogen-bond acceptors (Lipinski definition) is 4. The van der Waals surface area contributed by atoms with Gasteiger partial charge in [0, 0.05) is 39.3 Å². The van der Waals surface area contributed by atoms with Crippen molar-refractivity contribution < 1.29 is 9.59 Å². The van der Waals surface area contributed by atoms with Gasteiger partial charge in [-0.3, -0.25) is 14.5 Å². The molecule has 1 aromatic rings. The lowest BCUT2D eigenvalue weighted by molar-refractivity contribution is -0.133. The number of piperazine rings is 1. The fraction of sp³-hybridized carbons (Fsp3) is 0.625. The first-order valence-electron chi connectivity index (χ1n) is 8.18. The van der Waals surface area contributed by atoms with Crippen LogP contribution in [-0.4, -0.2) is 72.3 Å². The molecule has 0 radical (unpaired) electrons. The van der Waals surface area contributed by atoms with Gasteiger partial charge in [-0.05, 0) is 47.3 Å². The summed E-state index contributed by atoms with van der Waals surface area (Å²) >= 11 is 4.87. The van der Waals surface area contributed by atoms with E-state index < -0.39 is 0 Å². The van der Waals surface area contributed by atoms with Crippen molar-refractivity contribution in [3.63, 3.8) is 0 Å². The van der Waals surface area contributed by atoms with E-state index in [-0.39, 0.29) is 11.8 Å². The molecule has 1 aromatic heterocycles. The molecule has 7 heteroatoms. The summed E-state index contributed by atoms with van der Waals surface area (Å²) in [5, 5.41) is 0. The van der Waals surface area contributed by atoms with Crippen LogP contribution in [-0.2, 0) is 4.79 Å². The average molecular weight is 400 g/mol. The number of piperidine rings is 1. The Labute approximate surface area is 149 Å². The van der Waals surface area contributed by atoms with Crippen LogP contribution in [0.5, 0.6) is 0 Å². The van der Waals surface area contributed by atoms with Crippen LogP contribution in [0.2, 0.25) is 0 Å². The van der Waals surface area contributed by atoms with Gasteiger partial charge < -0.3 is 9.80 Å². The van der Waals surface area contributed by atoms with Crippen molar-refractivity contribution in [1.29, 1.82) is 0 Å². The summed E-state index contributed by atoms with van der Waals surface area (Å²) in [4.78, 5) is 31.5. The highest BCUT2D eigenvalue weighted by atomic mass is 79.9. The second-order valence-corrected chi connectivity index (χ2v) is 8.58. The van der Waals surface area contributed by atoms with Crippen LogP contribution in [0.4, 0.5) is 0 Å². The predicted molar refractivity (Wildman–Crippen MR) is 94.8 cm³/mol. The van der Waals surface area contributed by atoms with E-state index in [2.05, 4.69) is 20.8 Å². The van der Waals surface area contributed by atoms with E-state index in [4.69, 9.17) is 0 Å². The highest BCUT2D eigenvalue weighted by molar-refractivity contribution is 9.11. The van der Waals surface area contributed by atoms with Gasteiger partial charge >= 0.3 is 0 Å². The van der Waals surface area contributed by atoms with Crippen molar-refractivity contribution in [2.24, 2.45) is 0 Å². The maximum Gasteiger partial charge on any atom is 0.264 e. The van der Waals surface area contributed by atoms with E-state index in [1.807, 2.05) is 21.9 Å². The summed E-state index contributed by atoms with van der Waals surface area (Å²) in [6.07, 6.45) is 3.50. The second-order valence-electron chi connectivity index (χ2n) is 6.11. The summed E-state index contributed by atoms with van der Waals surface area (Å²) in [5.41, 5.74) is 0. The molecule has 23 heavy (non-hydrogen) atoms. The van der Waals surface area contributed by atoms with Crippen LogP contribution in [0, 0.1) is 0 Å². The zero-order valence-corrected chi connectivity index (χ0v) is 15.6. The summed E-state index contributed by atoms with van der Waals surface area (Å²) in [7, 11) is 0. The van der Waals surface area contributed by atoms with Gasteiger partial charge in [0.2, 0.25) is 5.91 Å². The fourth-order valence-electron chi connectivity index (χ4n) is 3.13. The minimum Gasteiger partial charge on any atom is -0.342 e. The molecule has 2 aliphatic heterocycles. The van der Waals surface area contributed by atoms with Crippen molar-refractivity contribution in [1.82, 2.24) is 14.7 Å². The molecule has 0 unspecified atom stereocenters. The molecule has 0 bridgehead atoms. The first-order chi connectivity index (χ1) is 11.1. The van der Waals surface area contributed by atoms with Crippen molar-refractivity contribution in [2.45, 2.75) is 19.3 Å². The van der Waals surface area contributed by atoms with Crippen molar-refractivity contribution in [3.8, 4) is 0 Å². The first-order valence-corrected chi connectivity index (χ1v) is 9.79. The predicted octanol–water partition coefficient (Wildman–Crippen LogP) is 2.28. The Hall–Kier alpha value is -0.920. The Morgan fingerprint density at radius 1 is 0.957 bits per heavy atom. The van der Waals surface area contributed by atoms with Crippen LogP contribution >= 0.6 is 27.3 Å². The van der Waals surface area contributed by atoms with Gasteiger partial charge in [-0.1, -0.05) is 0 Å². The Balaban J connectivity index is 1.46. The molecule has 5 nitrogen and oxygen atoms in total. The van der Waals surface area contributed by atoms with Gasteiger partial charge in [0.15, 0.2) is 0 Å². The lowest BCUT2D eigenvalue weighted by Crippen LogP contribution is -2.51. The summed E-state index contributed by atoms with van der Waals surface area (Å²) in [6.45, 7) is 5.25. The molecular formula is C16H22BrN3O2S. The molecule has 2 saturated heterocycles. The number of carbonyl (C=O) groups is 2. The van der Waals surface area contributed by atoms with Crippen LogP contribution in [0.1, 0.15) is 28.9 Å². The standard InChI is InChI=1S/C16H22BrN3O2S/c17-14-5-4-13(23-14)16(22)20-10-8-18(9-11-20)12-15(21)19-6-2-1-3-7-19/h4-5H,1-3,6-12H2. The van der Waals surface area contributed by atoms with E-state index in [0.29, 0.717) is 19.6 Å². The zero-order valence-electron chi connectivity index (χ0n) is 13.2. The van der Waals surface area contributed by atoms with Crippen LogP contribution in [0.25, 0.3) is 0 Å². The number of thiophene rings is 1. The molecule has 0 aromatic carbocycles. The Kier molecular flexibility index (Phi) is 5.71. The number of rotatable bonds is 3. The monoisotopic (exact) mass is 399 g/mol. The highest BCUT2D eigenvalue weighted by Gasteiger charge is 2.25. The third-order valence-electron chi connectivity index (χ3n) is 4.51. The number of nitrogens with zero attached hydrogens (tertiary/aromatic N) is 3. The highest BCUT2D eigenvalue weighted by Crippen LogP contribution is 2.23. The summed E-state index contributed by atoms with van der Waals surface area (Å²) in [6, 6.07) is 3.77. The van der Waals surface area contributed by atoms with Crippen LogP contribution in [0.3, 0.4) is 0 Å². The molecule has 126 valence electrons. The Morgan fingerprint density at radius 3 is 2.26 bits per heavy atom. The lowest BCUT2D eigenvalue weighted by Gasteiger charge is -2.35. The number of amides is 2. The number of hydrogen-bond donors (Lipinski definition) is 0. The minimum atomic E-state index is 0.0997. The van der Waals surface area contributed by atoms with E-state index in [9.17, 15) is 9.59 Å². The molecule has 0 spiro atoms.